The van der Waals surface area contributed by atoms with Gasteiger partial charge in [0, 0.05) is 6.20 Å². The molecule has 5 rings (SSSR count). The molecule has 2 aliphatic rings. The van der Waals surface area contributed by atoms with Crippen LogP contribution in [0.2, 0.25) is 0 Å². The zero-order chi connectivity index (χ0) is 27.2. The van der Waals surface area contributed by atoms with Crippen molar-refractivity contribution in [2.75, 3.05) is 20.3 Å². The Morgan fingerprint density at radius 1 is 1.21 bits per heavy atom. The van der Waals surface area contributed by atoms with Crippen molar-refractivity contribution in [3.63, 3.8) is 0 Å². The second-order valence-corrected chi connectivity index (χ2v) is 9.44. The minimum Gasteiger partial charge on any atom is -0.495 e. The van der Waals surface area contributed by atoms with Gasteiger partial charge >= 0.3 is 0 Å². The van der Waals surface area contributed by atoms with Gasteiger partial charge in [-0.15, -0.1) is 0 Å². The predicted octanol–water partition coefficient (Wildman–Crippen LogP) is 4.29. The molecule has 200 valence electrons. The second kappa shape index (κ2) is 9.71. The van der Waals surface area contributed by atoms with Crippen molar-refractivity contribution in [1.82, 2.24) is 14.5 Å². The predicted molar refractivity (Wildman–Crippen MR) is 133 cm³/mol. The van der Waals surface area contributed by atoms with Crippen LogP contribution in [0.4, 0.5) is 13.2 Å². The molecule has 3 aromatic rings. The average molecular weight is 529 g/mol. The van der Waals surface area contributed by atoms with E-state index in [-0.39, 0.29) is 30.7 Å². The number of aliphatic hydroxyl groups excluding tert-OH is 1. The fourth-order valence-corrected chi connectivity index (χ4v) is 4.93. The topological polar surface area (TPSA) is 81.3 Å². The number of aliphatic hydroxyl groups is 1. The molecule has 3 unspecified atom stereocenters. The number of methoxy groups -OCH3 is 1. The van der Waals surface area contributed by atoms with Crippen molar-refractivity contribution in [1.29, 1.82) is 0 Å². The second-order valence-electron chi connectivity index (χ2n) is 9.44. The molecule has 2 aromatic carbocycles. The van der Waals surface area contributed by atoms with Gasteiger partial charge in [0.1, 0.15) is 24.0 Å². The van der Waals surface area contributed by atoms with E-state index in [0.717, 1.165) is 29.1 Å². The van der Waals surface area contributed by atoms with Crippen molar-refractivity contribution >= 4 is 11.9 Å². The first-order valence-electron chi connectivity index (χ1n) is 12.0. The summed E-state index contributed by atoms with van der Waals surface area (Å²) < 4.78 is 55.9. The highest BCUT2D eigenvalue weighted by Crippen LogP contribution is 2.41. The molecule has 1 N–H and O–H groups in total. The van der Waals surface area contributed by atoms with E-state index in [0.29, 0.717) is 11.5 Å². The van der Waals surface area contributed by atoms with E-state index in [1.165, 1.54) is 6.92 Å². The number of imidazole rings is 1. The third kappa shape index (κ3) is 4.26. The largest absolute Gasteiger partial charge is 0.495 e. The SMILES string of the molecule is COc1cc(C=C2OC(C)CN3C2=NOCC3(c2cc(F)c(F)c(F)c2)C(C)O)ccc1-n1cnc(C)c1. The molecule has 0 aliphatic carbocycles. The Morgan fingerprint density at radius 3 is 2.58 bits per heavy atom. The van der Waals surface area contributed by atoms with Crippen LogP contribution < -0.4 is 4.74 Å². The highest BCUT2D eigenvalue weighted by molar-refractivity contribution is 6.01. The van der Waals surface area contributed by atoms with Crippen LogP contribution in [0, 0.1) is 24.4 Å². The van der Waals surface area contributed by atoms with Crippen molar-refractivity contribution < 1.29 is 32.6 Å². The van der Waals surface area contributed by atoms with E-state index in [4.69, 9.17) is 14.3 Å². The number of aromatic nitrogens is 2. The molecule has 3 atom stereocenters. The van der Waals surface area contributed by atoms with Gasteiger partial charge in [-0.25, -0.2) is 18.2 Å². The first kappa shape index (κ1) is 25.7. The number of rotatable bonds is 5. The van der Waals surface area contributed by atoms with Crippen LogP contribution in [0.3, 0.4) is 0 Å². The smallest absolute Gasteiger partial charge is 0.211 e. The van der Waals surface area contributed by atoms with Gasteiger partial charge in [-0.2, -0.15) is 0 Å². The molecule has 38 heavy (non-hydrogen) atoms. The minimum absolute atomic E-state index is 0.0198. The Balaban J connectivity index is 1.57. The molecule has 0 bridgehead atoms. The van der Waals surface area contributed by atoms with Crippen molar-refractivity contribution in [3.05, 3.63) is 82.9 Å². The van der Waals surface area contributed by atoms with Crippen LogP contribution in [-0.4, -0.2) is 57.9 Å². The number of hydrogen-bond acceptors (Lipinski definition) is 7. The highest BCUT2D eigenvalue weighted by atomic mass is 19.2. The summed E-state index contributed by atoms with van der Waals surface area (Å²) in [6.45, 7) is 5.21. The van der Waals surface area contributed by atoms with E-state index in [2.05, 4.69) is 10.1 Å². The maximum absolute atomic E-state index is 14.3. The molecule has 3 heterocycles. The van der Waals surface area contributed by atoms with Crippen molar-refractivity contribution in [2.45, 2.75) is 38.5 Å². The third-order valence-electron chi connectivity index (χ3n) is 6.83. The van der Waals surface area contributed by atoms with Crippen LogP contribution in [-0.2, 0) is 15.1 Å². The van der Waals surface area contributed by atoms with Gasteiger partial charge < -0.3 is 28.9 Å². The molecule has 1 fully saturated rings. The van der Waals surface area contributed by atoms with Gasteiger partial charge in [-0.05, 0) is 62.2 Å². The summed E-state index contributed by atoms with van der Waals surface area (Å²) in [4.78, 5) is 11.5. The summed E-state index contributed by atoms with van der Waals surface area (Å²) in [5.41, 5.74) is 0.944. The van der Waals surface area contributed by atoms with E-state index in [1.54, 1.807) is 24.4 Å². The highest BCUT2D eigenvalue weighted by Gasteiger charge is 2.52. The number of benzene rings is 2. The van der Waals surface area contributed by atoms with Gasteiger partial charge in [-0.1, -0.05) is 11.2 Å². The number of halogens is 3. The molecule has 11 heteroatoms. The lowest BCUT2D eigenvalue weighted by molar-refractivity contribution is -0.0935. The first-order valence-corrected chi connectivity index (χ1v) is 12.0. The van der Waals surface area contributed by atoms with Crippen molar-refractivity contribution in [3.8, 4) is 11.4 Å². The molecule has 1 saturated heterocycles. The fraction of sp³-hybridized carbons (Fsp3) is 0.333. The van der Waals surface area contributed by atoms with E-state index < -0.39 is 29.1 Å². The lowest BCUT2D eigenvalue weighted by Gasteiger charge is -2.51. The van der Waals surface area contributed by atoms with Crippen LogP contribution in [0.1, 0.15) is 30.7 Å². The quantitative estimate of drug-likeness (QED) is 0.498. The van der Waals surface area contributed by atoms with Crippen LogP contribution in [0.15, 0.2) is 53.8 Å². The molecule has 0 saturated carbocycles. The lowest BCUT2D eigenvalue weighted by Crippen LogP contribution is -2.64. The Morgan fingerprint density at radius 2 is 1.95 bits per heavy atom. The molecule has 0 spiro atoms. The summed E-state index contributed by atoms with van der Waals surface area (Å²) in [5.74, 6) is -3.16. The van der Waals surface area contributed by atoms with E-state index >= 15 is 0 Å². The van der Waals surface area contributed by atoms with Gasteiger partial charge in [0.25, 0.3) is 0 Å². The molecule has 8 nitrogen and oxygen atoms in total. The van der Waals surface area contributed by atoms with E-state index in [1.807, 2.05) is 42.8 Å². The zero-order valence-electron chi connectivity index (χ0n) is 21.3. The van der Waals surface area contributed by atoms with Gasteiger partial charge in [0.15, 0.2) is 23.2 Å². The maximum Gasteiger partial charge on any atom is 0.211 e. The minimum atomic E-state index is -1.58. The number of aryl methyl sites for hydroxylation is 1. The number of nitrogens with zero attached hydrogens (tertiary/aromatic N) is 4. The third-order valence-corrected chi connectivity index (χ3v) is 6.83. The van der Waals surface area contributed by atoms with Gasteiger partial charge in [0.05, 0.1) is 37.5 Å². The average Bonchev–Trinajstić information content (AvgIpc) is 3.32. The molecule has 0 amide bonds. The Bertz CT molecular complexity index is 1410. The molecule has 2 aliphatic heterocycles. The number of oxime groups is 1. The Hall–Kier alpha value is -3.99. The normalized spacial score (nSPS) is 22.8. The lowest BCUT2D eigenvalue weighted by atomic mass is 9.82. The number of hydrogen-bond donors (Lipinski definition) is 1. The van der Waals surface area contributed by atoms with Gasteiger partial charge in [-0.3, -0.25) is 0 Å². The first-order chi connectivity index (χ1) is 18.1. The standard InChI is InChI=1S/C27H27F3N4O4/c1-15-11-33(14-31-15)22-6-5-18(7-23(22)36-4)8-24-26-32-37-13-27(17(3)35,34(26)12-16(2)38-24)19-9-20(28)25(30)21(29)10-19/h5-11,14,16-17,35H,12-13H2,1-4H3. The van der Waals surface area contributed by atoms with Crippen LogP contribution in [0.5, 0.6) is 5.75 Å². The summed E-state index contributed by atoms with van der Waals surface area (Å²) >= 11 is 0. The molecular formula is C27H27F3N4O4. The Kier molecular flexibility index (Phi) is 6.56. The number of amidine groups is 1. The summed E-state index contributed by atoms with van der Waals surface area (Å²) in [6, 6.07) is 7.32. The molecule has 0 radical (unpaired) electrons. The Labute approximate surface area is 217 Å². The summed E-state index contributed by atoms with van der Waals surface area (Å²) in [6.07, 6.45) is 3.74. The van der Waals surface area contributed by atoms with Gasteiger partial charge in [0.2, 0.25) is 5.84 Å². The number of morpholine rings is 1. The van der Waals surface area contributed by atoms with Crippen LogP contribution in [0.25, 0.3) is 11.8 Å². The molecular weight excluding hydrogens is 501 g/mol. The van der Waals surface area contributed by atoms with Crippen LogP contribution >= 0.6 is 0 Å². The summed E-state index contributed by atoms with van der Waals surface area (Å²) in [7, 11) is 1.57. The monoisotopic (exact) mass is 528 g/mol. The zero-order valence-corrected chi connectivity index (χ0v) is 21.3. The number of fused-ring (bicyclic) bond motifs is 1. The molecule has 1 aromatic heterocycles. The number of ether oxygens (including phenoxy) is 2. The van der Waals surface area contributed by atoms with Crippen molar-refractivity contribution in [2.24, 2.45) is 5.16 Å². The maximum atomic E-state index is 14.3. The fourth-order valence-electron chi connectivity index (χ4n) is 4.93. The van der Waals surface area contributed by atoms with E-state index in [9.17, 15) is 18.3 Å². The summed E-state index contributed by atoms with van der Waals surface area (Å²) in [5, 5.41) is 15.1.